The standard InChI is InChI=1S/C22H23ClN2O2S/c1-14-4-9-20(12-15(14)2)27-16(3)21(26)24-11-10-19-13-28-22(25-19)17-5-7-18(23)8-6-17/h4-9,12-13,16H,10-11H2,1-3H3,(H,24,26)/t16-/m1/s1. The summed E-state index contributed by atoms with van der Waals surface area (Å²) in [5, 5.41) is 6.59. The van der Waals surface area contributed by atoms with Gasteiger partial charge in [-0.05, 0) is 56.2 Å². The van der Waals surface area contributed by atoms with E-state index >= 15 is 0 Å². The van der Waals surface area contributed by atoms with Crippen LogP contribution in [0.2, 0.25) is 5.02 Å². The van der Waals surface area contributed by atoms with Gasteiger partial charge in [0.1, 0.15) is 10.8 Å². The Labute approximate surface area is 174 Å². The Bertz CT molecular complexity index is 953. The van der Waals surface area contributed by atoms with Gasteiger partial charge in [0, 0.05) is 28.9 Å². The number of aryl methyl sites for hydroxylation is 2. The number of rotatable bonds is 7. The van der Waals surface area contributed by atoms with Crippen molar-refractivity contribution in [1.29, 1.82) is 0 Å². The summed E-state index contributed by atoms with van der Waals surface area (Å²) in [5.41, 5.74) is 4.34. The van der Waals surface area contributed by atoms with E-state index in [0.717, 1.165) is 21.8 Å². The molecule has 0 spiro atoms. The summed E-state index contributed by atoms with van der Waals surface area (Å²) in [6.45, 7) is 6.35. The normalized spacial score (nSPS) is 11.9. The van der Waals surface area contributed by atoms with Crippen molar-refractivity contribution in [3.8, 4) is 16.3 Å². The average Bonchev–Trinajstić information content (AvgIpc) is 3.14. The smallest absolute Gasteiger partial charge is 0.260 e. The van der Waals surface area contributed by atoms with Gasteiger partial charge in [-0.3, -0.25) is 4.79 Å². The number of nitrogens with zero attached hydrogens (tertiary/aromatic N) is 1. The molecule has 3 aromatic rings. The van der Waals surface area contributed by atoms with Crippen LogP contribution in [-0.4, -0.2) is 23.5 Å². The molecule has 146 valence electrons. The Hall–Kier alpha value is -2.37. The number of aromatic nitrogens is 1. The first-order valence-electron chi connectivity index (χ1n) is 9.14. The van der Waals surface area contributed by atoms with Gasteiger partial charge in [-0.15, -0.1) is 11.3 Å². The highest BCUT2D eigenvalue weighted by Gasteiger charge is 2.14. The lowest BCUT2D eigenvalue weighted by Crippen LogP contribution is -2.37. The molecule has 0 saturated carbocycles. The molecule has 1 heterocycles. The maximum absolute atomic E-state index is 12.3. The van der Waals surface area contributed by atoms with E-state index in [9.17, 15) is 4.79 Å². The molecule has 0 bridgehead atoms. The predicted octanol–water partition coefficient (Wildman–Crippen LogP) is 5.21. The van der Waals surface area contributed by atoms with Crippen molar-refractivity contribution in [2.45, 2.75) is 33.3 Å². The predicted molar refractivity (Wildman–Crippen MR) is 115 cm³/mol. The Morgan fingerprint density at radius 2 is 1.93 bits per heavy atom. The molecule has 0 aliphatic carbocycles. The van der Waals surface area contributed by atoms with E-state index in [4.69, 9.17) is 16.3 Å². The third-order valence-corrected chi connectivity index (χ3v) is 5.68. The lowest BCUT2D eigenvalue weighted by Gasteiger charge is -2.15. The van der Waals surface area contributed by atoms with Crippen LogP contribution in [0.1, 0.15) is 23.7 Å². The van der Waals surface area contributed by atoms with E-state index in [1.807, 2.05) is 61.7 Å². The maximum atomic E-state index is 12.3. The number of amides is 1. The van der Waals surface area contributed by atoms with Crippen LogP contribution in [0.3, 0.4) is 0 Å². The van der Waals surface area contributed by atoms with Gasteiger partial charge in [0.05, 0.1) is 5.69 Å². The minimum absolute atomic E-state index is 0.133. The van der Waals surface area contributed by atoms with Crippen LogP contribution >= 0.6 is 22.9 Å². The van der Waals surface area contributed by atoms with Crippen molar-refractivity contribution in [2.75, 3.05) is 6.54 Å². The zero-order chi connectivity index (χ0) is 20.1. The van der Waals surface area contributed by atoms with Gasteiger partial charge in [0.25, 0.3) is 5.91 Å². The number of thiazole rings is 1. The molecular formula is C22H23ClN2O2S. The second-order valence-corrected chi connectivity index (χ2v) is 7.99. The molecule has 1 amide bonds. The van der Waals surface area contributed by atoms with Crippen molar-refractivity contribution < 1.29 is 9.53 Å². The van der Waals surface area contributed by atoms with Crippen molar-refractivity contribution in [3.05, 3.63) is 69.7 Å². The molecule has 1 aromatic heterocycles. The van der Waals surface area contributed by atoms with Gasteiger partial charge < -0.3 is 10.1 Å². The van der Waals surface area contributed by atoms with Crippen molar-refractivity contribution >= 4 is 28.8 Å². The third-order valence-electron chi connectivity index (χ3n) is 4.48. The van der Waals surface area contributed by atoms with Gasteiger partial charge >= 0.3 is 0 Å². The maximum Gasteiger partial charge on any atom is 0.260 e. The van der Waals surface area contributed by atoms with E-state index in [1.165, 1.54) is 5.56 Å². The van der Waals surface area contributed by atoms with Crippen molar-refractivity contribution in [3.63, 3.8) is 0 Å². The highest BCUT2D eigenvalue weighted by Crippen LogP contribution is 2.25. The SMILES string of the molecule is Cc1ccc(O[C@H](C)C(=O)NCCc2csc(-c3ccc(Cl)cc3)n2)cc1C. The summed E-state index contributed by atoms with van der Waals surface area (Å²) in [6, 6.07) is 13.5. The molecule has 1 N–H and O–H groups in total. The first-order valence-corrected chi connectivity index (χ1v) is 10.4. The Kier molecular flexibility index (Phi) is 6.70. The monoisotopic (exact) mass is 414 g/mol. The van der Waals surface area contributed by atoms with E-state index in [1.54, 1.807) is 18.3 Å². The van der Waals surface area contributed by atoms with E-state index in [-0.39, 0.29) is 5.91 Å². The fourth-order valence-electron chi connectivity index (χ4n) is 2.65. The molecule has 1 atom stereocenters. The van der Waals surface area contributed by atoms with Crippen molar-refractivity contribution in [1.82, 2.24) is 10.3 Å². The molecule has 3 rings (SSSR count). The fraction of sp³-hybridized carbons (Fsp3) is 0.273. The minimum atomic E-state index is -0.554. The van der Waals surface area contributed by atoms with Crippen LogP contribution in [-0.2, 0) is 11.2 Å². The van der Waals surface area contributed by atoms with E-state index < -0.39 is 6.10 Å². The molecule has 0 unspecified atom stereocenters. The molecule has 2 aromatic carbocycles. The van der Waals surface area contributed by atoms with Gasteiger partial charge in [-0.1, -0.05) is 29.8 Å². The lowest BCUT2D eigenvalue weighted by molar-refractivity contribution is -0.127. The highest BCUT2D eigenvalue weighted by atomic mass is 35.5. The van der Waals surface area contributed by atoms with Crippen LogP contribution < -0.4 is 10.1 Å². The molecule has 0 aliphatic heterocycles. The quantitative estimate of drug-likeness (QED) is 0.577. The summed E-state index contributed by atoms with van der Waals surface area (Å²) in [5.74, 6) is 0.573. The van der Waals surface area contributed by atoms with Gasteiger partial charge in [-0.2, -0.15) is 0 Å². The molecule has 6 heteroatoms. The lowest BCUT2D eigenvalue weighted by atomic mass is 10.1. The molecule has 0 radical (unpaired) electrons. The number of hydrogen-bond donors (Lipinski definition) is 1. The number of benzene rings is 2. The number of hydrogen-bond acceptors (Lipinski definition) is 4. The van der Waals surface area contributed by atoms with Crippen LogP contribution in [0.15, 0.2) is 47.8 Å². The Morgan fingerprint density at radius 1 is 1.18 bits per heavy atom. The average molecular weight is 415 g/mol. The largest absolute Gasteiger partial charge is 0.481 e. The summed E-state index contributed by atoms with van der Waals surface area (Å²) in [6.07, 6.45) is 0.119. The first-order chi connectivity index (χ1) is 13.4. The summed E-state index contributed by atoms with van der Waals surface area (Å²) >= 11 is 7.51. The van der Waals surface area contributed by atoms with E-state index in [2.05, 4.69) is 10.3 Å². The van der Waals surface area contributed by atoms with Gasteiger partial charge in [0.15, 0.2) is 6.10 Å². The number of carbonyl (C=O) groups is 1. The molecule has 0 aliphatic rings. The molecule has 4 nitrogen and oxygen atoms in total. The zero-order valence-corrected chi connectivity index (χ0v) is 17.7. The van der Waals surface area contributed by atoms with Crippen LogP contribution in [0.25, 0.3) is 10.6 Å². The summed E-state index contributed by atoms with van der Waals surface area (Å²) in [7, 11) is 0. The summed E-state index contributed by atoms with van der Waals surface area (Å²) < 4.78 is 5.75. The Balaban J connectivity index is 1.48. The second-order valence-electron chi connectivity index (χ2n) is 6.70. The number of halogens is 1. The van der Waals surface area contributed by atoms with Crippen molar-refractivity contribution in [2.24, 2.45) is 0 Å². The van der Waals surface area contributed by atoms with Crippen LogP contribution in [0, 0.1) is 13.8 Å². The number of ether oxygens (including phenoxy) is 1. The van der Waals surface area contributed by atoms with Gasteiger partial charge in [-0.25, -0.2) is 4.98 Å². The van der Waals surface area contributed by atoms with Gasteiger partial charge in [0.2, 0.25) is 0 Å². The highest BCUT2D eigenvalue weighted by molar-refractivity contribution is 7.13. The first kappa shape index (κ1) is 20.4. The zero-order valence-electron chi connectivity index (χ0n) is 16.2. The van der Waals surface area contributed by atoms with E-state index in [0.29, 0.717) is 23.7 Å². The summed E-state index contributed by atoms with van der Waals surface area (Å²) in [4.78, 5) is 16.9. The topological polar surface area (TPSA) is 51.2 Å². The third kappa shape index (κ3) is 5.33. The molecule has 0 saturated heterocycles. The Morgan fingerprint density at radius 3 is 2.64 bits per heavy atom. The van der Waals surface area contributed by atoms with Crippen LogP contribution in [0.5, 0.6) is 5.75 Å². The van der Waals surface area contributed by atoms with Crippen LogP contribution in [0.4, 0.5) is 0 Å². The minimum Gasteiger partial charge on any atom is -0.481 e. The number of carbonyl (C=O) groups excluding carboxylic acids is 1. The molecular weight excluding hydrogens is 392 g/mol. The second kappa shape index (κ2) is 9.22. The fourth-order valence-corrected chi connectivity index (χ4v) is 3.64. The number of nitrogens with one attached hydrogen (secondary N) is 1. The molecule has 0 fully saturated rings. The molecule has 28 heavy (non-hydrogen) atoms.